The van der Waals surface area contributed by atoms with Gasteiger partial charge in [-0.25, -0.2) is 14.0 Å². The van der Waals surface area contributed by atoms with Crippen LogP contribution in [0.1, 0.15) is 37.9 Å². The lowest BCUT2D eigenvalue weighted by molar-refractivity contribution is -0.143. The molecule has 2 aromatic carbocycles. The number of esters is 1. The Morgan fingerprint density at radius 3 is 2.38 bits per heavy atom. The average Bonchev–Trinajstić information content (AvgIpc) is 2.66. The molecule has 0 saturated heterocycles. The van der Waals surface area contributed by atoms with Crippen LogP contribution in [0.3, 0.4) is 0 Å². The maximum absolute atomic E-state index is 13.0. The van der Waals surface area contributed by atoms with Gasteiger partial charge in [0.2, 0.25) is 0 Å². The number of allylic oxidation sites excluding steroid dienone is 1. The molecule has 0 aliphatic carbocycles. The molecule has 0 radical (unpaired) electrons. The third kappa shape index (κ3) is 5.13. The van der Waals surface area contributed by atoms with Gasteiger partial charge in [0.15, 0.2) is 0 Å². The van der Waals surface area contributed by atoms with Gasteiger partial charge in [0, 0.05) is 5.70 Å². The van der Waals surface area contributed by atoms with Crippen LogP contribution in [0.5, 0.6) is 5.75 Å². The topological polar surface area (TPSA) is 76.7 Å². The average molecular weight is 398 g/mol. The van der Waals surface area contributed by atoms with Crippen molar-refractivity contribution in [3.63, 3.8) is 0 Å². The summed E-state index contributed by atoms with van der Waals surface area (Å²) in [4.78, 5) is 24.5. The molecule has 29 heavy (non-hydrogen) atoms. The lowest BCUT2D eigenvalue weighted by atomic mass is 9.95. The van der Waals surface area contributed by atoms with E-state index in [4.69, 9.17) is 9.47 Å². The highest BCUT2D eigenvalue weighted by Gasteiger charge is 2.32. The van der Waals surface area contributed by atoms with Crippen molar-refractivity contribution in [3.8, 4) is 5.75 Å². The standard InChI is InChI=1S/C22H23FN2O4/c1-13(2)29-21(26)19-14(3)24-22(27)25-20(19)16-6-10-18(11-7-16)28-12-15-4-8-17(23)9-5-15/h4-11,13,20H,12H2,1-3H3,(H2,24,25,27). The molecule has 7 heteroatoms. The van der Waals surface area contributed by atoms with Gasteiger partial charge < -0.3 is 20.1 Å². The molecule has 0 spiro atoms. The summed E-state index contributed by atoms with van der Waals surface area (Å²) < 4.78 is 24.0. The zero-order chi connectivity index (χ0) is 21.0. The Morgan fingerprint density at radius 1 is 1.10 bits per heavy atom. The van der Waals surface area contributed by atoms with Crippen LogP contribution in [0.4, 0.5) is 9.18 Å². The van der Waals surface area contributed by atoms with Crippen LogP contribution in [-0.4, -0.2) is 18.1 Å². The molecule has 6 nitrogen and oxygen atoms in total. The van der Waals surface area contributed by atoms with E-state index in [1.807, 2.05) is 0 Å². The van der Waals surface area contributed by atoms with Crippen LogP contribution in [0.25, 0.3) is 0 Å². The fourth-order valence-electron chi connectivity index (χ4n) is 3.00. The van der Waals surface area contributed by atoms with Crippen LogP contribution in [0, 0.1) is 5.82 Å². The van der Waals surface area contributed by atoms with E-state index in [1.165, 1.54) is 12.1 Å². The second kappa shape index (κ2) is 8.77. The van der Waals surface area contributed by atoms with Crippen LogP contribution in [0.15, 0.2) is 59.8 Å². The number of urea groups is 1. The van der Waals surface area contributed by atoms with E-state index in [0.29, 0.717) is 23.6 Å². The number of nitrogens with one attached hydrogen (secondary N) is 2. The third-order valence-electron chi connectivity index (χ3n) is 4.36. The molecule has 2 amide bonds. The molecule has 1 heterocycles. The monoisotopic (exact) mass is 398 g/mol. The molecule has 2 N–H and O–H groups in total. The summed E-state index contributed by atoms with van der Waals surface area (Å²) in [6, 6.07) is 12.2. The second-order valence-electron chi connectivity index (χ2n) is 7.01. The summed E-state index contributed by atoms with van der Waals surface area (Å²) in [5, 5.41) is 5.38. The van der Waals surface area contributed by atoms with Gasteiger partial charge in [-0.1, -0.05) is 24.3 Å². The third-order valence-corrected chi connectivity index (χ3v) is 4.36. The van der Waals surface area contributed by atoms with Crippen LogP contribution in [-0.2, 0) is 16.1 Å². The summed E-state index contributed by atoms with van der Waals surface area (Å²) in [6.45, 7) is 5.51. The van der Waals surface area contributed by atoms with E-state index < -0.39 is 12.0 Å². The molecule has 0 fully saturated rings. The Balaban J connectivity index is 1.75. The predicted octanol–water partition coefficient (Wildman–Crippen LogP) is 3.98. The molecule has 1 aliphatic rings. The number of hydrogen-bond acceptors (Lipinski definition) is 4. The molecule has 0 bridgehead atoms. The number of benzene rings is 2. The van der Waals surface area contributed by atoms with Gasteiger partial charge in [-0.05, 0) is 56.2 Å². The first-order valence-corrected chi connectivity index (χ1v) is 9.30. The lowest BCUT2D eigenvalue weighted by Crippen LogP contribution is -2.45. The van der Waals surface area contributed by atoms with Crippen LogP contribution < -0.4 is 15.4 Å². The van der Waals surface area contributed by atoms with Gasteiger partial charge in [0.25, 0.3) is 0 Å². The second-order valence-corrected chi connectivity index (χ2v) is 7.01. The minimum absolute atomic E-state index is 0.275. The Bertz CT molecular complexity index is 921. The zero-order valence-corrected chi connectivity index (χ0v) is 16.5. The van der Waals surface area contributed by atoms with Crippen molar-refractivity contribution in [2.45, 2.75) is 39.5 Å². The molecule has 1 unspecified atom stereocenters. The number of carbonyl (C=O) groups excluding carboxylic acids is 2. The van der Waals surface area contributed by atoms with Crippen molar-refractivity contribution >= 4 is 12.0 Å². The first-order valence-electron chi connectivity index (χ1n) is 9.30. The number of amides is 2. The van der Waals surface area contributed by atoms with Crippen molar-refractivity contribution in [3.05, 3.63) is 76.7 Å². The van der Waals surface area contributed by atoms with Gasteiger partial charge in [-0.15, -0.1) is 0 Å². The minimum atomic E-state index is -0.624. The van der Waals surface area contributed by atoms with Gasteiger partial charge >= 0.3 is 12.0 Å². The first-order chi connectivity index (χ1) is 13.8. The minimum Gasteiger partial charge on any atom is -0.489 e. The van der Waals surface area contributed by atoms with Crippen molar-refractivity contribution in [2.75, 3.05) is 0 Å². The highest BCUT2D eigenvalue weighted by atomic mass is 19.1. The van der Waals surface area contributed by atoms with E-state index >= 15 is 0 Å². The van der Waals surface area contributed by atoms with E-state index in [9.17, 15) is 14.0 Å². The highest BCUT2D eigenvalue weighted by Crippen LogP contribution is 2.29. The molecule has 1 atom stereocenters. The smallest absolute Gasteiger partial charge is 0.338 e. The molecular formula is C22H23FN2O4. The Hall–Kier alpha value is -3.35. The summed E-state index contributed by atoms with van der Waals surface area (Å²) in [6.07, 6.45) is -0.275. The number of ether oxygens (including phenoxy) is 2. The van der Waals surface area contributed by atoms with Crippen molar-refractivity contribution in [1.29, 1.82) is 0 Å². The Morgan fingerprint density at radius 2 is 1.76 bits per heavy atom. The number of carbonyl (C=O) groups is 2. The lowest BCUT2D eigenvalue weighted by Gasteiger charge is -2.28. The summed E-state index contributed by atoms with van der Waals surface area (Å²) in [5.41, 5.74) is 2.39. The predicted molar refractivity (Wildman–Crippen MR) is 106 cm³/mol. The molecule has 1 aliphatic heterocycles. The van der Waals surface area contributed by atoms with E-state index in [1.54, 1.807) is 57.2 Å². The van der Waals surface area contributed by atoms with Crippen LogP contribution >= 0.6 is 0 Å². The summed E-state index contributed by atoms with van der Waals surface area (Å²) in [5.74, 6) is -0.158. The molecule has 3 rings (SSSR count). The zero-order valence-electron chi connectivity index (χ0n) is 16.5. The van der Waals surface area contributed by atoms with Gasteiger partial charge in [-0.2, -0.15) is 0 Å². The van der Waals surface area contributed by atoms with Crippen molar-refractivity contribution < 1.29 is 23.5 Å². The largest absolute Gasteiger partial charge is 0.489 e. The maximum Gasteiger partial charge on any atom is 0.338 e. The summed E-state index contributed by atoms with van der Waals surface area (Å²) >= 11 is 0. The quantitative estimate of drug-likeness (QED) is 0.722. The van der Waals surface area contributed by atoms with Gasteiger partial charge in [0.05, 0.1) is 17.7 Å². The first kappa shape index (κ1) is 20.4. The normalized spacial score (nSPS) is 16.3. The van der Waals surface area contributed by atoms with Crippen molar-refractivity contribution in [2.24, 2.45) is 0 Å². The van der Waals surface area contributed by atoms with E-state index in [2.05, 4.69) is 10.6 Å². The maximum atomic E-state index is 13.0. The molecular weight excluding hydrogens is 375 g/mol. The number of hydrogen-bond donors (Lipinski definition) is 2. The Labute approximate surface area is 168 Å². The molecule has 2 aromatic rings. The fraction of sp³-hybridized carbons (Fsp3) is 0.273. The Kier molecular flexibility index (Phi) is 6.16. The van der Waals surface area contributed by atoms with Crippen LogP contribution in [0.2, 0.25) is 0 Å². The number of rotatable bonds is 6. The summed E-state index contributed by atoms with van der Waals surface area (Å²) in [7, 11) is 0. The molecule has 152 valence electrons. The highest BCUT2D eigenvalue weighted by molar-refractivity contribution is 5.95. The SMILES string of the molecule is CC1=C(C(=O)OC(C)C)C(c2ccc(OCc3ccc(F)cc3)cc2)NC(=O)N1. The van der Waals surface area contributed by atoms with E-state index in [-0.39, 0.29) is 18.0 Å². The molecule has 0 saturated carbocycles. The fourth-order valence-corrected chi connectivity index (χ4v) is 3.00. The van der Waals surface area contributed by atoms with Gasteiger partial charge in [-0.3, -0.25) is 0 Å². The van der Waals surface area contributed by atoms with Crippen molar-refractivity contribution in [1.82, 2.24) is 10.6 Å². The number of halogens is 1. The molecule has 0 aromatic heterocycles. The van der Waals surface area contributed by atoms with Gasteiger partial charge in [0.1, 0.15) is 18.2 Å². The van der Waals surface area contributed by atoms with E-state index in [0.717, 1.165) is 11.1 Å².